The van der Waals surface area contributed by atoms with Crippen LogP contribution in [0.15, 0.2) is 48.5 Å². The van der Waals surface area contributed by atoms with E-state index in [0.717, 1.165) is 22.6 Å². The Morgan fingerprint density at radius 1 is 1.07 bits per heavy atom. The topological polar surface area (TPSA) is 56.6 Å². The van der Waals surface area contributed by atoms with Gasteiger partial charge in [-0.05, 0) is 50.2 Å². The zero-order valence-corrected chi connectivity index (χ0v) is 16.3. The van der Waals surface area contributed by atoms with Crippen molar-refractivity contribution in [3.63, 3.8) is 0 Å². The minimum Gasteiger partial charge on any atom is -0.492 e. The molecule has 0 fully saturated rings. The van der Waals surface area contributed by atoms with Gasteiger partial charge in [0.2, 0.25) is 5.91 Å². The molecule has 0 saturated carbocycles. The van der Waals surface area contributed by atoms with Crippen LogP contribution in [0.3, 0.4) is 0 Å². The number of nitrogens with zero attached hydrogens (tertiary/aromatic N) is 3. The van der Waals surface area contributed by atoms with E-state index in [4.69, 9.17) is 10.00 Å². The zero-order chi connectivity index (χ0) is 19.6. The van der Waals surface area contributed by atoms with E-state index in [1.165, 1.54) is 0 Å². The highest BCUT2D eigenvalue weighted by atomic mass is 16.5. The van der Waals surface area contributed by atoms with Gasteiger partial charge in [-0.2, -0.15) is 5.26 Å². The smallest absolute Gasteiger partial charge is 0.241 e. The molecule has 0 unspecified atom stereocenters. The largest absolute Gasteiger partial charge is 0.492 e. The van der Waals surface area contributed by atoms with E-state index in [1.54, 1.807) is 4.90 Å². The fourth-order valence-electron chi connectivity index (χ4n) is 2.80. The summed E-state index contributed by atoms with van der Waals surface area (Å²) < 4.78 is 5.69. The highest BCUT2D eigenvalue weighted by molar-refractivity contribution is 5.95. The molecule has 0 aliphatic heterocycles. The maximum atomic E-state index is 12.9. The summed E-state index contributed by atoms with van der Waals surface area (Å²) in [7, 11) is 1.90. The predicted molar refractivity (Wildman–Crippen MR) is 108 cm³/mol. The van der Waals surface area contributed by atoms with E-state index in [2.05, 4.69) is 6.07 Å². The summed E-state index contributed by atoms with van der Waals surface area (Å²) in [5.41, 5.74) is 3.08. The Bertz CT molecular complexity index is 784. The van der Waals surface area contributed by atoms with E-state index in [0.29, 0.717) is 26.1 Å². The molecule has 2 aromatic rings. The zero-order valence-electron chi connectivity index (χ0n) is 16.3. The highest BCUT2D eigenvalue weighted by Crippen LogP contribution is 2.23. The molecule has 0 aliphatic rings. The maximum Gasteiger partial charge on any atom is 0.241 e. The third kappa shape index (κ3) is 6.12. The first-order valence-corrected chi connectivity index (χ1v) is 9.13. The molecule has 2 rings (SSSR count). The molecular formula is C22H27N3O2. The summed E-state index contributed by atoms with van der Waals surface area (Å²) in [5, 5.41) is 8.96. The second-order valence-corrected chi connectivity index (χ2v) is 6.57. The number of amides is 1. The normalized spacial score (nSPS) is 10.5. The fraction of sp³-hybridized carbons (Fsp3) is 0.364. The van der Waals surface area contributed by atoms with Crippen molar-refractivity contribution in [2.75, 3.05) is 38.2 Å². The van der Waals surface area contributed by atoms with Crippen LogP contribution in [0, 0.1) is 25.2 Å². The lowest BCUT2D eigenvalue weighted by Crippen LogP contribution is -2.41. The summed E-state index contributed by atoms with van der Waals surface area (Å²) in [6.07, 6.45) is 0.306. The molecule has 5 nitrogen and oxygen atoms in total. The molecular weight excluding hydrogens is 338 g/mol. The van der Waals surface area contributed by atoms with Gasteiger partial charge in [0, 0.05) is 18.8 Å². The fourth-order valence-corrected chi connectivity index (χ4v) is 2.80. The number of para-hydroxylation sites is 1. The summed E-state index contributed by atoms with van der Waals surface area (Å²) in [6, 6.07) is 17.7. The van der Waals surface area contributed by atoms with Crippen molar-refractivity contribution in [1.82, 2.24) is 4.90 Å². The van der Waals surface area contributed by atoms with Crippen molar-refractivity contribution in [2.24, 2.45) is 0 Å². The lowest BCUT2D eigenvalue weighted by Gasteiger charge is -2.27. The lowest BCUT2D eigenvalue weighted by atomic mass is 10.1. The van der Waals surface area contributed by atoms with Crippen LogP contribution in [0.4, 0.5) is 5.69 Å². The van der Waals surface area contributed by atoms with E-state index in [-0.39, 0.29) is 12.5 Å². The molecule has 0 heterocycles. The van der Waals surface area contributed by atoms with Gasteiger partial charge in [0.05, 0.1) is 19.0 Å². The van der Waals surface area contributed by atoms with Crippen LogP contribution in [0.1, 0.15) is 17.5 Å². The first-order valence-electron chi connectivity index (χ1n) is 9.13. The second-order valence-electron chi connectivity index (χ2n) is 6.57. The average molecular weight is 365 g/mol. The number of anilines is 1. The van der Waals surface area contributed by atoms with Crippen LogP contribution in [-0.4, -0.2) is 44.1 Å². The number of likely N-dealkylation sites (N-methyl/N-ethyl adjacent to an activating group) is 1. The molecule has 0 aliphatic carbocycles. The van der Waals surface area contributed by atoms with Gasteiger partial charge in [0.1, 0.15) is 12.4 Å². The van der Waals surface area contributed by atoms with Crippen LogP contribution in [0.5, 0.6) is 5.75 Å². The number of rotatable bonds is 9. The standard InChI is InChI=1S/C22H27N3O2/c1-18-9-7-12-21(19(18)2)25(14-8-13-23)22(26)17-24(3)15-16-27-20-10-5-4-6-11-20/h4-7,9-12H,8,14-17H2,1-3H3. The molecule has 0 radical (unpaired) electrons. The number of nitriles is 1. The van der Waals surface area contributed by atoms with Gasteiger partial charge in [0.15, 0.2) is 0 Å². The summed E-state index contributed by atoms with van der Waals surface area (Å²) in [4.78, 5) is 16.6. The lowest BCUT2D eigenvalue weighted by molar-refractivity contribution is -0.119. The van der Waals surface area contributed by atoms with Crippen LogP contribution in [0.2, 0.25) is 0 Å². The van der Waals surface area contributed by atoms with Crippen LogP contribution in [0.25, 0.3) is 0 Å². The van der Waals surface area contributed by atoms with Gasteiger partial charge in [-0.15, -0.1) is 0 Å². The van der Waals surface area contributed by atoms with E-state index in [1.807, 2.05) is 74.3 Å². The average Bonchev–Trinajstić information content (AvgIpc) is 2.66. The van der Waals surface area contributed by atoms with Crippen molar-refractivity contribution in [2.45, 2.75) is 20.3 Å². The van der Waals surface area contributed by atoms with Crippen molar-refractivity contribution in [1.29, 1.82) is 5.26 Å². The first-order chi connectivity index (χ1) is 13.0. The van der Waals surface area contributed by atoms with Crippen LogP contribution >= 0.6 is 0 Å². The minimum absolute atomic E-state index is 0.0128. The maximum absolute atomic E-state index is 12.9. The SMILES string of the molecule is Cc1cccc(N(CCC#N)C(=O)CN(C)CCOc2ccccc2)c1C. The van der Waals surface area contributed by atoms with E-state index < -0.39 is 0 Å². The van der Waals surface area contributed by atoms with Gasteiger partial charge in [-0.1, -0.05) is 30.3 Å². The molecule has 2 aromatic carbocycles. The molecule has 0 bridgehead atoms. The third-order valence-corrected chi connectivity index (χ3v) is 4.51. The first kappa shape index (κ1) is 20.5. The summed E-state index contributed by atoms with van der Waals surface area (Å²) in [6.45, 7) is 5.85. The molecule has 0 aromatic heterocycles. The molecule has 0 spiro atoms. The molecule has 27 heavy (non-hydrogen) atoms. The van der Waals surface area contributed by atoms with E-state index in [9.17, 15) is 4.79 Å². The number of benzene rings is 2. The number of ether oxygens (including phenoxy) is 1. The molecule has 0 saturated heterocycles. The number of carbonyl (C=O) groups is 1. The predicted octanol–water partition coefficient (Wildman–Crippen LogP) is 3.56. The Hall–Kier alpha value is -2.84. The summed E-state index contributed by atoms with van der Waals surface area (Å²) >= 11 is 0. The highest BCUT2D eigenvalue weighted by Gasteiger charge is 2.19. The Balaban J connectivity index is 1.96. The van der Waals surface area contributed by atoms with Crippen molar-refractivity contribution in [3.8, 4) is 11.8 Å². The Morgan fingerprint density at radius 3 is 2.52 bits per heavy atom. The molecule has 0 N–H and O–H groups in total. The van der Waals surface area contributed by atoms with Crippen molar-refractivity contribution < 1.29 is 9.53 Å². The van der Waals surface area contributed by atoms with Crippen LogP contribution < -0.4 is 9.64 Å². The monoisotopic (exact) mass is 365 g/mol. The van der Waals surface area contributed by atoms with Gasteiger partial charge in [-0.25, -0.2) is 0 Å². The molecule has 1 amide bonds. The Labute approximate surface area is 161 Å². The van der Waals surface area contributed by atoms with Crippen LogP contribution in [-0.2, 0) is 4.79 Å². The number of carbonyl (C=O) groups excluding carboxylic acids is 1. The Morgan fingerprint density at radius 2 is 1.81 bits per heavy atom. The molecule has 5 heteroatoms. The van der Waals surface area contributed by atoms with Crippen molar-refractivity contribution >= 4 is 11.6 Å². The minimum atomic E-state index is -0.0128. The number of aryl methyl sites for hydroxylation is 1. The van der Waals surface area contributed by atoms with Gasteiger partial charge < -0.3 is 9.64 Å². The third-order valence-electron chi connectivity index (χ3n) is 4.51. The summed E-state index contributed by atoms with van der Waals surface area (Å²) in [5.74, 6) is 0.810. The van der Waals surface area contributed by atoms with Gasteiger partial charge in [0.25, 0.3) is 0 Å². The number of hydrogen-bond acceptors (Lipinski definition) is 4. The number of hydrogen-bond donors (Lipinski definition) is 0. The van der Waals surface area contributed by atoms with Crippen molar-refractivity contribution in [3.05, 3.63) is 59.7 Å². The van der Waals surface area contributed by atoms with Gasteiger partial charge in [-0.3, -0.25) is 9.69 Å². The quantitative estimate of drug-likeness (QED) is 0.682. The molecule has 0 atom stereocenters. The second kappa shape index (κ2) is 10.3. The van der Waals surface area contributed by atoms with E-state index >= 15 is 0 Å². The Kier molecular flexibility index (Phi) is 7.84. The van der Waals surface area contributed by atoms with Gasteiger partial charge >= 0.3 is 0 Å². The molecule has 142 valence electrons.